The number of likely N-dealkylation sites (N-methyl/N-ethyl adjacent to an activating group) is 1. The van der Waals surface area contributed by atoms with E-state index < -0.39 is 0 Å². The summed E-state index contributed by atoms with van der Waals surface area (Å²) in [5, 5.41) is 3.68. The van der Waals surface area contributed by atoms with E-state index >= 15 is 0 Å². The average Bonchev–Trinajstić information content (AvgIpc) is 2.72. The molecule has 3 heteroatoms. The molecule has 0 spiro atoms. The minimum absolute atomic E-state index is 0.620. The summed E-state index contributed by atoms with van der Waals surface area (Å²) in [6, 6.07) is 2.95. The first-order valence-electron chi connectivity index (χ1n) is 8.48. The summed E-state index contributed by atoms with van der Waals surface area (Å²) in [5.41, 5.74) is 4.22. The molecule has 0 bridgehead atoms. The van der Waals surface area contributed by atoms with Crippen LogP contribution in [0.25, 0.3) is 0 Å². The number of hydrogen-bond acceptors (Lipinski definition) is 2. The zero-order valence-corrected chi connectivity index (χ0v) is 15.2. The van der Waals surface area contributed by atoms with Crippen molar-refractivity contribution in [2.75, 3.05) is 20.6 Å². The van der Waals surface area contributed by atoms with Crippen molar-refractivity contribution in [2.24, 2.45) is 5.92 Å². The van der Waals surface area contributed by atoms with E-state index in [0.717, 1.165) is 25.6 Å². The molecule has 1 N–H and O–H groups in total. The summed E-state index contributed by atoms with van der Waals surface area (Å²) >= 11 is 0. The van der Waals surface area contributed by atoms with Gasteiger partial charge in [-0.1, -0.05) is 26.7 Å². The van der Waals surface area contributed by atoms with Gasteiger partial charge in [-0.05, 0) is 52.4 Å². The highest BCUT2D eigenvalue weighted by Crippen LogP contribution is 2.18. The second-order valence-corrected chi connectivity index (χ2v) is 6.38. The molecule has 0 aliphatic rings. The van der Waals surface area contributed by atoms with Crippen molar-refractivity contribution < 1.29 is 0 Å². The summed E-state index contributed by atoms with van der Waals surface area (Å²) in [6.07, 6.45) is 2.51. The van der Waals surface area contributed by atoms with E-state index in [-0.39, 0.29) is 0 Å². The van der Waals surface area contributed by atoms with Gasteiger partial charge >= 0.3 is 0 Å². The Morgan fingerprint density at radius 3 is 2.19 bits per heavy atom. The van der Waals surface area contributed by atoms with E-state index in [9.17, 15) is 0 Å². The van der Waals surface area contributed by atoms with Gasteiger partial charge in [-0.3, -0.25) is 0 Å². The Bertz CT molecular complexity index is 416. The monoisotopic (exact) mass is 293 g/mol. The zero-order valence-electron chi connectivity index (χ0n) is 15.2. The Morgan fingerprint density at radius 2 is 1.76 bits per heavy atom. The highest BCUT2D eigenvalue weighted by molar-refractivity contribution is 5.26. The van der Waals surface area contributed by atoms with Crippen molar-refractivity contribution in [3.8, 4) is 0 Å². The van der Waals surface area contributed by atoms with Gasteiger partial charge in [0.25, 0.3) is 0 Å². The molecule has 1 heterocycles. The van der Waals surface area contributed by atoms with Gasteiger partial charge < -0.3 is 14.8 Å². The summed E-state index contributed by atoms with van der Waals surface area (Å²) in [5.74, 6) is 0.774. The lowest BCUT2D eigenvalue weighted by Crippen LogP contribution is -2.42. The molecule has 0 saturated heterocycles. The topological polar surface area (TPSA) is 20.2 Å². The Balaban J connectivity index is 2.62. The van der Waals surface area contributed by atoms with E-state index in [4.69, 9.17) is 0 Å². The smallest absolute Gasteiger partial charge is 0.0242 e. The fourth-order valence-corrected chi connectivity index (χ4v) is 3.50. The lowest BCUT2D eigenvalue weighted by atomic mass is 9.93. The van der Waals surface area contributed by atoms with Crippen LogP contribution in [-0.2, 0) is 13.1 Å². The summed E-state index contributed by atoms with van der Waals surface area (Å²) in [6.45, 7) is 14.4. The normalized spacial score (nSPS) is 13.4. The van der Waals surface area contributed by atoms with Crippen molar-refractivity contribution in [1.29, 1.82) is 0 Å². The molecule has 0 fully saturated rings. The quantitative estimate of drug-likeness (QED) is 0.751. The first-order valence-corrected chi connectivity index (χ1v) is 8.48. The molecule has 1 atom stereocenters. The second-order valence-electron chi connectivity index (χ2n) is 6.38. The minimum atomic E-state index is 0.620. The highest BCUT2D eigenvalue weighted by atomic mass is 15.1. The molecule has 21 heavy (non-hydrogen) atoms. The van der Waals surface area contributed by atoms with Crippen molar-refractivity contribution in [1.82, 2.24) is 14.8 Å². The molecule has 0 amide bonds. The van der Waals surface area contributed by atoms with Gasteiger partial charge in [0, 0.05) is 37.1 Å². The van der Waals surface area contributed by atoms with Crippen LogP contribution >= 0.6 is 0 Å². The second kappa shape index (κ2) is 8.60. The highest BCUT2D eigenvalue weighted by Gasteiger charge is 2.20. The fraction of sp³-hybridized carbons (Fsp3) is 0.778. The molecule has 1 unspecified atom stereocenters. The van der Waals surface area contributed by atoms with E-state index in [0.29, 0.717) is 6.04 Å². The van der Waals surface area contributed by atoms with Crippen molar-refractivity contribution in [2.45, 2.75) is 66.6 Å². The molecule has 0 radical (unpaired) electrons. The summed E-state index contributed by atoms with van der Waals surface area (Å²) in [7, 11) is 4.40. The zero-order chi connectivity index (χ0) is 16.0. The standard InChI is InChI=1S/C18H35N3/c1-8-16(9-2)18(20(6)7)13-19-12-17-11-14(4)21(10-3)15(17)5/h11,16,18-19H,8-10,12-13H2,1-7H3. The third kappa shape index (κ3) is 4.58. The van der Waals surface area contributed by atoms with Crippen molar-refractivity contribution in [3.63, 3.8) is 0 Å². The van der Waals surface area contributed by atoms with Crippen LogP contribution in [0, 0.1) is 19.8 Å². The molecular weight excluding hydrogens is 258 g/mol. The van der Waals surface area contributed by atoms with E-state index in [2.05, 4.69) is 69.6 Å². The van der Waals surface area contributed by atoms with Gasteiger partial charge in [0.15, 0.2) is 0 Å². The van der Waals surface area contributed by atoms with E-state index in [1.807, 2.05) is 0 Å². The van der Waals surface area contributed by atoms with Gasteiger partial charge in [0.1, 0.15) is 0 Å². The minimum Gasteiger partial charge on any atom is -0.349 e. The van der Waals surface area contributed by atoms with Crippen LogP contribution in [0.1, 0.15) is 50.6 Å². The maximum absolute atomic E-state index is 3.68. The van der Waals surface area contributed by atoms with Gasteiger partial charge in [-0.15, -0.1) is 0 Å². The van der Waals surface area contributed by atoms with Crippen LogP contribution in [0.15, 0.2) is 6.07 Å². The Hall–Kier alpha value is -0.800. The fourth-order valence-electron chi connectivity index (χ4n) is 3.50. The molecule has 0 aliphatic heterocycles. The predicted molar refractivity (Wildman–Crippen MR) is 92.8 cm³/mol. The Morgan fingerprint density at radius 1 is 1.14 bits per heavy atom. The molecule has 0 aromatic carbocycles. The SMILES string of the molecule is CCC(CC)C(CNCc1cc(C)n(CC)c1C)N(C)C. The molecule has 3 nitrogen and oxygen atoms in total. The first-order chi connectivity index (χ1) is 9.96. The number of aromatic nitrogens is 1. The van der Waals surface area contributed by atoms with Crippen molar-refractivity contribution >= 4 is 0 Å². The maximum atomic E-state index is 3.68. The van der Waals surface area contributed by atoms with Gasteiger partial charge in [0.2, 0.25) is 0 Å². The third-order valence-corrected chi connectivity index (χ3v) is 4.92. The van der Waals surface area contributed by atoms with Crippen LogP contribution in [-0.4, -0.2) is 36.1 Å². The largest absolute Gasteiger partial charge is 0.349 e. The van der Waals surface area contributed by atoms with Gasteiger partial charge in [0.05, 0.1) is 0 Å². The van der Waals surface area contributed by atoms with Crippen LogP contribution in [0.4, 0.5) is 0 Å². The molecule has 122 valence electrons. The number of hydrogen-bond donors (Lipinski definition) is 1. The predicted octanol–water partition coefficient (Wildman–Crippen LogP) is 3.58. The van der Waals surface area contributed by atoms with Crippen LogP contribution in [0.3, 0.4) is 0 Å². The molecular formula is C18H35N3. The Kier molecular flexibility index (Phi) is 7.47. The first kappa shape index (κ1) is 18.2. The van der Waals surface area contributed by atoms with Gasteiger partial charge in [-0.25, -0.2) is 0 Å². The van der Waals surface area contributed by atoms with Crippen LogP contribution in [0.2, 0.25) is 0 Å². The van der Waals surface area contributed by atoms with E-state index in [1.165, 1.54) is 29.8 Å². The van der Waals surface area contributed by atoms with Gasteiger partial charge in [-0.2, -0.15) is 0 Å². The van der Waals surface area contributed by atoms with Crippen LogP contribution in [0.5, 0.6) is 0 Å². The number of nitrogens with one attached hydrogen (secondary N) is 1. The Labute approximate surface area is 131 Å². The van der Waals surface area contributed by atoms with Crippen LogP contribution < -0.4 is 5.32 Å². The average molecular weight is 293 g/mol. The lowest BCUT2D eigenvalue weighted by molar-refractivity contribution is 0.194. The lowest BCUT2D eigenvalue weighted by Gasteiger charge is -2.31. The molecule has 1 aromatic heterocycles. The van der Waals surface area contributed by atoms with E-state index in [1.54, 1.807) is 0 Å². The number of rotatable bonds is 9. The molecule has 1 rings (SSSR count). The number of nitrogens with zero attached hydrogens (tertiary/aromatic N) is 2. The molecule has 1 aromatic rings. The summed E-state index contributed by atoms with van der Waals surface area (Å²) in [4.78, 5) is 2.37. The third-order valence-electron chi connectivity index (χ3n) is 4.92. The molecule has 0 aliphatic carbocycles. The summed E-state index contributed by atoms with van der Waals surface area (Å²) < 4.78 is 2.39. The van der Waals surface area contributed by atoms with Crippen molar-refractivity contribution in [3.05, 3.63) is 23.0 Å². The molecule has 0 saturated carbocycles. The number of aryl methyl sites for hydroxylation is 1. The maximum Gasteiger partial charge on any atom is 0.0242 e.